The van der Waals surface area contributed by atoms with Gasteiger partial charge in [0.1, 0.15) is 5.82 Å². The molecule has 0 saturated heterocycles. The number of carbonyl (C=O) groups is 1. The van der Waals surface area contributed by atoms with Gasteiger partial charge in [0.15, 0.2) is 0 Å². The number of aromatic nitrogens is 1. The second-order valence-electron chi connectivity index (χ2n) is 4.54. The lowest BCUT2D eigenvalue weighted by molar-refractivity contribution is 0.0940. The van der Waals surface area contributed by atoms with Crippen molar-refractivity contribution in [3.05, 3.63) is 59.8 Å². The number of rotatable bonds is 4. The fourth-order valence-corrected chi connectivity index (χ4v) is 1.87. The van der Waals surface area contributed by atoms with Crippen LogP contribution < -0.4 is 11.1 Å². The van der Waals surface area contributed by atoms with Gasteiger partial charge in [0.2, 0.25) is 0 Å². The number of benzene rings is 1. The van der Waals surface area contributed by atoms with Crippen molar-refractivity contribution in [2.75, 3.05) is 5.73 Å². The highest BCUT2D eigenvalue weighted by molar-refractivity contribution is 5.94. The molecule has 0 radical (unpaired) electrons. The van der Waals surface area contributed by atoms with Gasteiger partial charge in [-0.05, 0) is 31.0 Å². The van der Waals surface area contributed by atoms with E-state index in [-0.39, 0.29) is 11.9 Å². The van der Waals surface area contributed by atoms with Gasteiger partial charge in [-0.3, -0.25) is 4.79 Å². The molecule has 0 aliphatic carbocycles. The minimum absolute atomic E-state index is 0.0625. The minimum atomic E-state index is -0.129. The second-order valence-corrected chi connectivity index (χ2v) is 4.54. The number of anilines is 1. The Labute approximate surface area is 112 Å². The number of nitrogens with two attached hydrogens (primary N) is 1. The number of pyridine rings is 1. The van der Waals surface area contributed by atoms with E-state index in [4.69, 9.17) is 5.73 Å². The van der Waals surface area contributed by atoms with Crippen LogP contribution in [0.4, 0.5) is 5.82 Å². The lowest BCUT2D eigenvalue weighted by Gasteiger charge is -2.13. The van der Waals surface area contributed by atoms with E-state index in [9.17, 15) is 4.79 Å². The summed E-state index contributed by atoms with van der Waals surface area (Å²) in [5, 5.41) is 2.94. The summed E-state index contributed by atoms with van der Waals surface area (Å²) < 4.78 is 0. The van der Waals surface area contributed by atoms with Gasteiger partial charge < -0.3 is 11.1 Å². The Bertz CT molecular complexity index is 537. The maximum absolute atomic E-state index is 12.0. The molecule has 1 heterocycles. The van der Waals surface area contributed by atoms with E-state index in [1.54, 1.807) is 12.1 Å². The molecule has 0 fully saturated rings. The quantitative estimate of drug-likeness (QED) is 0.878. The fraction of sp³-hybridized carbons (Fsp3) is 0.200. The van der Waals surface area contributed by atoms with Gasteiger partial charge in [-0.2, -0.15) is 0 Å². The first kappa shape index (κ1) is 13.1. The molecule has 0 aliphatic heterocycles. The first-order chi connectivity index (χ1) is 9.15. The summed E-state index contributed by atoms with van der Waals surface area (Å²) in [6.45, 7) is 1.98. The predicted molar refractivity (Wildman–Crippen MR) is 75.7 cm³/mol. The molecule has 2 rings (SSSR count). The molecular formula is C15H17N3O. The van der Waals surface area contributed by atoms with Crippen LogP contribution in [0.2, 0.25) is 0 Å². The van der Waals surface area contributed by atoms with Gasteiger partial charge in [-0.25, -0.2) is 4.98 Å². The summed E-state index contributed by atoms with van der Waals surface area (Å²) in [5.74, 6) is 0.282. The SMILES string of the molecule is CC(Cc1ccccc1)NC(=O)c1ccc(N)nc1. The Hall–Kier alpha value is -2.36. The van der Waals surface area contributed by atoms with Crippen LogP contribution in [0.25, 0.3) is 0 Å². The van der Waals surface area contributed by atoms with Crippen LogP contribution >= 0.6 is 0 Å². The zero-order valence-electron chi connectivity index (χ0n) is 10.8. The van der Waals surface area contributed by atoms with Crippen molar-refractivity contribution < 1.29 is 4.79 Å². The Balaban J connectivity index is 1.93. The van der Waals surface area contributed by atoms with Crippen molar-refractivity contribution >= 4 is 11.7 Å². The van der Waals surface area contributed by atoms with Gasteiger partial charge in [-0.1, -0.05) is 30.3 Å². The van der Waals surface area contributed by atoms with Crippen molar-refractivity contribution in [3.8, 4) is 0 Å². The van der Waals surface area contributed by atoms with Crippen molar-refractivity contribution in [1.82, 2.24) is 10.3 Å². The van der Waals surface area contributed by atoms with Gasteiger partial charge >= 0.3 is 0 Å². The maximum atomic E-state index is 12.0. The Kier molecular flexibility index (Phi) is 4.13. The highest BCUT2D eigenvalue weighted by Gasteiger charge is 2.10. The maximum Gasteiger partial charge on any atom is 0.253 e. The molecule has 1 unspecified atom stereocenters. The Morgan fingerprint density at radius 1 is 1.26 bits per heavy atom. The third-order valence-electron chi connectivity index (χ3n) is 2.81. The van der Waals surface area contributed by atoms with Gasteiger partial charge in [0.05, 0.1) is 5.56 Å². The van der Waals surface area contributed by atoms with Gasteiger partial charge in [0, 0.05) is 12.2 Å². The molecule has 98 valence electrons. The number of nitrogens with zero attached hydrogens (tertiary/aromatic N) is 1. The fourth-order valence-electron chi connectivity index (χ4n) is 1.87. The molecule has 19 heavy (non-hydrogen) atoms. The number of nitrogens with one attached hydrogen (secondary N) is 1. The third-order valence-corrected chi connectivity index (χ3v) is 2.81. The average molecular weight is 255 g/mol. The molecule has 0 spiro atoms. The third kappa shape index (κ3) is 3.81. The summed E-state index contributed by atoms with van der Waals surface area (Å²) in [5.41, 5.74) is 7.21. The molecule has 4 heteroatoms. The van der Waals surface area contributed by atoms with E-state index in [0.29, 0.717) is 11.4 Å². The van der Waals surface area contributed by atoms with Gasteiger partial charge in [-0.15, -0.1) is 0 Å². The van der Waals surface area contributed by atoms with Crippen LogP contribution in [-0.2, 0) is 6.42 Å². The van der Waals surface area contributed by atoms with Crippen LogP contribution in [0.5, 0.6) is 0 Å². The molecule has 1 aromatic heterocycles. The highest BCUT2D eigenvalue weighted by Crippen LogP contribution is 2.05. The molecule has 1 aromatic carbocycles. The largest absolute Gasteiger partial charge is 0.384 e. The number of hydrogen-bond acceptors (Lipinski definition) is 3. The van der Waals surface area contributed by atoms with Crippen molar-refractivity contribution in [1.29, 1.82) is 0 Å². The van der Waals surface area contributed by atoms with Crippen molar-refractivity contribution in [3.63, 3.8) is 0 Å². The monoisotopic (exact) mass is 255 g/mol. The summed E-state index contributed by atoms with van der Waals surface area (Å²) in [7, 11) is 0. The normalized spacial score (nSPS) is 11.8. The molecule has 3 N–H and O–H groups in total. The van der Waals surface area contributed by atoms with Crippen LogP contribution in [0.15, 0.2) is 48.7 Å². The second kappa shape index (κ2) is 6.00. The number of carbonyl (C=O) groups excluding carboxylic acids is 1. The zero-order valence-corrected chi connectivity index (χ0v) is 10.8. The summed E-state index contributed by atoms with van der Waals surface area (Å²) in [6, 6.07) is 13.4. The molecule has 0 saturated carbocycles. The van der Waals surface area contributed by atoms with E-state index in [0.717, 1.165) is 6.42 Å². The molecule has 1 amide bonds. The first-order valence-electron chi connectivity index (χ1n) is 6.21. The van der Waals surface area contributed by atoms with Crippen LogP contribution in [0.3, 0.4) is 0 Å². The molecule has 0 aliphatic rings. The Morgan fingerprint density at radius 2 is 2.00 bits per heavy atom. The van der Waals surface area contributed by atoms with Crippen molar-refractivity contribution in [2.24, 2.45) is 0 Å². The van der Waals surface area contributed by atoms with Crippen LogP contribution in [-0.4, -0.2) is 16.9 Å². The molecule has 0 bridgehead atoms. The van der Waals surface area contributed by atoms with E-state index in [1.165, 1.54) is 11.8 Å². The smallest absolute Gasteiger partial charge is 0.253 e. The zero-order chi connectivity index (χ0) is 13.7. The topological polar surface area (TPSA) is 68.0 Å². The lowest BCUT2D eigenvalue weighted by atomic mass is 10.1. The van der Waals surface area contributed by atoms with Crippen molar-refractivity contribution in [2.45, 2.75) is 19.4 Å². The van der Waals surface area contributed by atoms with Gasteiger partial charge in [0.25, 0.3) is 5.91 Å². The Morgan fingerprint density at radius 3 is 2.63 bits per heavy atom. The van der Waals surface area contributed by atoms with E-state index in [2.05, 4.69) is 10.3 Å². The molecular weight excluding hydrogens is 238 g/mol. The van der Waals surface area contributed by atoms with Crippen LogP contribution in [0.1, 0.15) is 22.8 Å². The van der Waals surface area contributed by atoms with Crippen LogP contribution in [0, 0.1) is 0 Å². The van der Waals surface area contributed by atoms with E-state index < -0.39 is 0 Å². The average Bonchev–Trinajstić information content (AvgIpc) is 2.40. The lowest BCUT2D eigenvalue weighted by Crippen LogP contribution is -2.34. The summed E-state index contributed by atoms with van der Waals surface area (Å²) in [6.07, 6.45) is 2.29. The number of nitrogen functional groups attached to an aromatic ring is 1. The predicted octanol–water partition coefficient (Wildman–Crippen LogP) is 2.02. The number of amides is 1. The number of hydrogen-bond donors (Lipinski definition) is 2. The van der Waals surface area contributed by atoms with E-state index >= 15 is 0 Å². The summed E-state index contributed by atoms with van der Waals surface area (Å²) in [4.78, 5) is 15.9. The standard InChI is InChI=1S/C15H17N3O/c1-11(9-12-5-3-2-4-6-12)18-15(19)13-7-8-14(16)17-10-13/h2-8,10-11H,9H2,1H3,(H2,16,17)(H,18,19). The highest BCUT2D eigenvalue weighted by atomic mass is 16.1. The van der Waals surface area contributed by atoms with E-state index in [1.807, 2.05) is 37.3 Å². The minimum Gasteiger partial charge on any atom is -0.384 e. The first-order valence-corrected chi connectivity index (χ1v) is 6.21. The summed E-state index contributed by atoms with van der Waals surface area (Å²) >= 11 is 0. The molecule has 2 aromatic rings. The molecule has 4 nitrogen and oxygen atoms in total. The molecule has 1 atom stereocenters.